The van der Waals surface area contributed by atoms with Gasteiger partial charge in [-0.2, -0.15) is 16.3 Å². The van der Waals surface area contributed by atoms with Crippen LogP contribution in [0.4, 0.5) is 0 Å². The van der Waals surface area contributed by atoms with Crippen molar-refractivity contribution in [3.8, 4) is 11.4 Å². The lowest BCUT2D eigenvalue weighted by Gasteiger charge is -2.18. The fourth-order valence-electron chi connectivity index (χ4n) is 2.65. The van der Waals surface area contributed by atoms with Crippen molar-refractivity contribution in [1.29, 1.82) is 0 Å². The first-order valence-electron chi connectivity index (χ1n) is 8.83. The summed E-state index contributed by atoms with van der Waals surface area (Å²) in [6, 6.07) is 9.13. The highest BCUT2D eigenvalue weighted by Crippen LogP contribution is 2.20. The molecule has 1 atom stereocenters. The highest BCUT2D eigenvalue weighted by molar-refractivity contribution is 7.08. The number of carbonyl (C=O) groups excluding carboxylic acids is 2. The van der Waals surface area contributed by atoms with Crippen LogP contribution in [0.2, 0.25) is 0 Å². The number of rotatable bonds is 8. The summed E-state index contributed by atoms with van der Waals surface area (Å²) in [5.41, 5.74) is 2.84. The second-order valence-electron chi connectivity index (χ2n) is 6.33. The molecule has 1 N–H and O–H groups in total. The second kappa shape index (κ2) is 9.27. The molecule has 28 heavy (non-hydrogen) atoms. The number of aromatic nitrogens is 2. The number of thiophene rings is 1. The van der Waals surface area contributed by atoms with Crippen LogP contribution in [-0.2, 0) is 20.7 Å². The number of esters is 1. The lowest BCUT2D eigenvalue weighted by molar-refractivity contribution is -0.141. The first-order chi connectivity index (χ1) is 13.5. The molecule has 0 aliphatic carbocycles. The molecule has 0 aliphatic rings. The van der Waals surface area contributed by atoms with Crippen LogP contribution >= 0.6 is 11.3 Å². The fraction of sp³-hybridized carbons (Fsp3) is 0.300. The van der Waals surface area contributed by atoms with Crippen molar-refractivity contribution in [3.05, 3.63) is 58.1 Å². The van der Waals surface area contributed by atoms with E-state index in [0.717, 1.165) is 16.7 Å². The molecule has 0 saturated carbocycles. The van der Waals surface area contributed by atoms with E-state index in [4.69, 9.17) is 9.26 Å². The second-order valence-corrected chi connectivity index (χ2v) is 7.11. The van der Waals surface area contributed by atoms with Crippen LogP contribution in [0.3, 0.4) is 0 Å². The maximum atomic E-state index is 12.4. The van der Waals surface area contributed by atoms with Crippen molar-refractivity contribution in [3.63, 3.8) is 0 Å². The molecular formula is C20H21N3O4S. The summed E-state index contributed by atoms with van der Waals surface area (Å²) in [6.07, 6.45) is 0.560. The minimum atomic E-state index is -0.454. The summed E-state index contributed by atoms with van der Waals surface area (Å²) < 4.78 is 9.97. The highest BCUT2D eigenvalue weighted by atomic mass is 32.1. The Morgan fingerprint density at radius 1 is 1.25 bits per heavy atom. The maximum Gasteiger partial charge on any atom is 0.307 e. The number of hydrogen-bond donors (Lipinski definition) is 1. The largest absolute Gasteiger partial charge is 0.469 e. The summed E-state index contributed by atoms with van der Waals surface area (Å²) in [5.74, 6) is 0.323. The van der Waals surface area contributed by atoms with E-state index in [0.29, 0.717) is 18.1 Å². The molecule has 0 bridgehead atoms. The van der Waals surface area contributed by atoms with Gasteiger partial charge in [0, 0.05) is 23.8 Å². The Labute approximate surface area is 166 Å². The van der Waals surface area contributed by atoms with Gasteiger partial charge in [0.05, 0.1) is 19.6 Å². The molecule has 3 rings (SSSR count). The third-order valence-corrected chi connectivity index (χ3v) is 4.91. The Morgan fingerprint density at radius 3 is 2.71 bits per heavy atom. The first kappa shape index (κ1) is 19.8. The molecule has 146 valence electrons. The lowest BCUT2D eigenvalue weighted by atomic mass is 10.0. The summed E-state index contributed by atoms with van der Waals surface area (Å²) in [7, 11) is 1.33. The Kier molecular flexibility index (Phi) is 6.54. The van der Waals surface area contributed by atoms with Crippen molar-refractivity contribution in [1.82, 2.24) is 15.5 Å². The SMILES string of the molecule is COC(=O)C[C@@H](NC(=O)CCc1nc(-c2ccsc2)no1)c1ccc(C)cc1. The first-order valence-corrected chi connectivity index (χ1v) is 9.77. The van der Waals surface area contributed by atoms with E-state index in [1.807, 2.05) is 48.0 Å². The number of amides is 1. The molecular weight excluding hydrogens is 378 g/mol. The van der Waals surface area contributed by atoms with Crippen molar-refractivity contribution in [2.75, 3.05) is 7.11 Å². The van der Waals surface area contributed by atoms with Crippen LogP contribution in [0.5, 0.6) is 0 Å². The van der Waals surface area contributed by atoms with Gasteiger partial charge in [0.15, 0.2) is 0 Å². The number of aryl methyl sites for hydroxylation is 2. The van der Waals surface area contributed by atoms with E-state index in [2.05, 4.69) is 15.5 Å². The summed E-state index contributed by atoms with van der Waals surface area (Å²) >= 11 is 1.55. The van der Waals surface area contributed by atoms with Crippen LogP contribution in [0.15, 0.2) is 45.6 Å². The van der Waals surface area contributed by atoms with Crippen molar-refractivity contribution in [2.45, 2.75) is 32.2 Å². The number of ether oxygens (including phenoxy) is 1. The standard InChI is InChI=1S/C20H21N3O4S/c1-13-3-5-14(6-4-13)16(11-19(25)26-2)21-17(24)7-8-18-22-20(23-27-18)15-9-10-28-12-15/h3-6,9-10,12,16H,7-8,11H2,1-2H3,(H,21,24)/t16-/m1/s1. The van der Waals surface area contributed by atoms with Crippen LogP contribution in [-0.4, -0.2) is 29.1 Å². The van der Waals surface area contributed by atoms with E-state index >= 15 is 0 Å². The summed E-state index contributed by atoms with van der Waals surface area (Å²) in [5, 5.41) is 10.7. The molecule has 2 heterocycles. The molecule has 0 aliphatic heterocycles. The molecule has 0 radical (unpaired) electrons. The number of benzene rings is 1. The molecule has 0 fully saturated rings. The van der Waals surface area contributed by atoms with E-state index in [9.17, 15) is 9.59 Å². The van der Waals surface area contributed by atoms with Gasteiger partial charge < -0.3 is 14.6 Å². The normalized spacial score (nSPS) is 11.8. The molecule has 8 heteroatoms. The Balaban J connectivity index is 1.60. The van der Waals surface area contributed by atoms with Crippen molar-refractivity contribution < 1.29 is 18.8 Å². The Bertz CT molecular complexity index is 919. The van der Waals surface area contributed by atoms with Gasteiger partial charge in [0.25, 0.3) is 0 Å². The Morgan fingerprint density at radius 2 is 2.04 bits per heavy atom. The number of nitrogens with zero attached hydrogens (tertiary/aromatic N) is 2. The molecule has 2 aromatic heterocycles. The van der Waals surface area contributed by atoms with Crippen LogP contribution in [0.25, 0.3) is 11.4 Å². The van der Waals surface area contributed by atoms with Gasteiger partial charge in [-0.1, -0.05) is 35.0 Å². The smallest absolute Gasteiger partial charge is 0.307 e. The average molecular weight is 399 g/mol. The zero-order valence-electron chi connectivity index (χ0n) is 15.7. The van der Waals surface area contributed by atoms with E-state index in [1.54, 1.807) is 11.3 Å². The topological polar surface area (TPSA) is 94.3 Å². The molecule has 0 saturated heterocycles. The number of methoxy groups -OCH3 is 1. The average Bonchev–Trinajstić information content (AvgIpc) is 3.38. The monoisotopic (exact) mass is 399 g/mol. The predicted octanol–water partition coefficient (Wildman–Crippen LogP) is 3.46. The number of hydrogen-bond acceptors (Lipinski definition) is 7. The van der Waals surface area contributed by atoms with Gasteiger partial charge in [-0.05, 0) is 23.9 Å². The van der Waals surface area contributed by atoms with E-state index in [1.165, 1.54) is 7.11 Å². The van der Waals surface area contributed by atoms with Crippen LogP contribution in [0, 0.1) is 6.92 Å². The van der Waals surface area contributed by atoms with Gasteiger partial charge in [-0.25, -0.2) is 0 Å². The van der Waals surface area contributed by atoms with E-state index in [-0.39, 0.29) is 24.7 Å². The third kappa shape index (κ3) is 5.26. The Hall–Kier alpha value is -3.00. The number of carbonyl (C=O) groups is 2. The zero-order valence-corrected chi connectivity index (χ0v) is 16.5. The van der Waals surface area contributed by atoms with Gasteiger partial charge >= 0.3 is 5.97 Å². The molecule has 1 aromatic carbocycles. The molecule has 1 amide bonds. The summed E-state index contributed by atoms with van der Waals surface area (Å²) in [4.78, 5) is 28.5. The third-order valence-electron chi connectivity index (χ3n) is 4.23. The van der Waals surface area contributed by atoms with Crippen LogP contribution in [0.1, 0.15) is 35.9 Å². The van der Waals surface area contributed by atoms with Crippen molar-refractivity contribution >= 4 is 23.2 Å². The molecule has 7 nitrogen and oxygen atoms in total. The minimum Gasteiger partial charge on any atom is -0.469 e. The molecule has 0 spiro atoms. The van der Waals surface area contributed by atoms with Gasteiger partial charge in [-0.3, -0.25) is 9.59 Å². The number of nitrogens with one attached hydrogen (secondary N) is 1. The fourth-order valence-corrected chi connectivity index (χ4v) is 3.29. The van der Waals surface area contributed by atoms with Crippen LogP contribution < -0.4 is 5.32 Å². The van der Waals surface area contributed by atoms with Crippen molar-refractivity contribution in [2.24, 2.45) is 0 Å². The highest BCUT2D eigenvalue weighted by Gasteiger charge is 2.19. The maximum absolute atomic E-state index is 12.4. The van der Waals surface area contributed by atoms with Gasteiger partial charge in [0.2, 0.25) is 17.6 Å². The zero-order chi connectivity index (χ0) is 19.9. The lowest BCUT2D eigenvalue weighted by Crippen LogP contribution is -2.30. The van der Waals surface area contributed by atoms with Gasteiger partial charge in [-0.15, -0.1) is 0 Å². The summed E-state index contributed by atoms with van der Waals surface area (Å²) in [6.45, 7) is 1.98. The molecule has 3 aromatic rings. The van der Waals surface area contributed by atoms with Gasteiger partial charge in [0.1, 0.15) is 0 Å². The van der Waals surface area contributed by atoms with E-state index < -0.39 is 6.04 Å². The molecule has 0 unspecified atom stereocenters. The predicted molar refractivity (Wildman–Crippen MR) is 105 cm³/mol. The quantitative estimate of drug-likeness (QED) is 0.583. The minimum absolute atomic E-state index is 0.0637.